The molecule has 0 saturated carbocycles. The Kier molecular flexibility index (Phi) is 4.66. The lowest BCUT2D eigenvalue weighted by molar-refractivity contribution is 0.0927. The first-order valence-corrected chi connectivity index (χ1v) is 6.09. The second kappa shape index (κ2) is 5.80. The van der Waals surface area contributed by atoms with E-state index in [0.717, 1.165) is 0 Å². The van der Waals surface area contributed by atoms with Crippen LogP contribution in [-0.4, -0.2) is 27.6 Å². The minimum atomic E-state index is -0.208. The maximum absolute atomic E-state index is 11.8. The summed E-state index contributed by atoms with van der Waals surface area (Å²) in [5, 5.41) is 9.39. The highest BCUT2D eigenvalue weighted by atomic mass is 16.2. The molecule has 0 bridgehead atoms. The predicted molar refractivity (Wildman–Crippen MR) is 66.6 cm³/mol. The number of carbonyl (C=O) groups is 1. The third kappa shape index (κ3) is 3.84. The number of aryl methyl sites for hydroxylation is 1. The number of hydrogen-bond donors (Lipinski definition) is 2. The van der Waals surface area contributed by atoms with Crippen LogP contribution in [0.5, 0.6) is 0 Å². The Balaban J connectivity index is 2.52. The molecule has 0 radical (unpaired) electrons. The van der Waals surface area contributed by atoms with Crippen molar-refractivity contribution in [1.82, 2.24) is 20.5 Å². The van der Waals surface area contributed by atoms with Crippen LogP contribution in [0.2, 0.25) is 0 Å². The van der Waals surface area contributed by atoms with Gasteiger partial charge in [-0.2, -0.15) is 0 Å². The molecule has 0 unspecified atom stereocenters. The summed E-state index contributed by atoms with van der Waals surface area (Å²) >= 11 is 0. The van der Waals surface area contributed by atoms with Crippen molar-refractivity contribution in [1.29, 1.82) is 0 Å². The molecule has 0 spiro atoms. The highest BCUT2D eigenvalue weighted by Crippen LogP contribution is 2.19. The highest BCUT2D eigenvalue weighted by molar-refractivity contribution is 5.90. The van der Waals surface area contributed by atoms with Crippen LogP contribution in [0, 0.1) is 24.7 Å². The van der Waals surface area contributed by atoms with Gasteiger partial charge in [0.1, 0.15) is 5.82 Å². The van der Waals surface area contributed by atoms with Crippen molar-refractivity contribution in [3.8, 4) is 0 Å². The summed E-state index contributed by atoms with van der Waals surface area (Å²) in [6, 6.07) is 0. The van der Waals surface area contributed by atoms with Crippen LogP contribution in [0.15, 0.2) is 0 Å². The van der Waals surface area contributed by atoms with Crippen molar-refractivity contribution in [3.63, 3.8) is 0 Å². The normalized spacial score (nSPS) is 11.5. The molecule has 0 aliphatic heterocycles. The predicted octanol–water partition coefficient (Wildman–Crippen LogP) is 1.77. The van der Waals surface area contributed by atoms with Crippen LogP contribution in [0.3, 0.4) is 0 Å². The Bertz CT molecular complexity index is 362. The average molecular weight is 238 g/mol. The van der Waals surface area contributed by atoms with E-state index in [1.807, 2.05) is 0 Å². The Morgan fingerprint density at radius 3 is 2.29 bits per heavy atom. The molecule has 1 rings (SSSR count). The second-order valence-corrected chi connectivity index (χ2v) is 5.11. The van der Waals surface area contributed by atoms with Gasteiger partial charge in [-0.1, -0.05) is 27.7 Å². The zero-order valence-electron chi connectivity index (χ0n) is 11.2. The molecule has 1 amide bonds. The zero-order valence-corrected chi connectivity index (χ0v) is 11.2. The van der Waals surface area contributed by atoms with Gasteiger partial charge in [-0.3, -0.25) is 9.89 Å². The second-order valence-electron chi connectivity index (χ2n) is 5.11. The smallest absolute Gasteiger partial charge is 0.290 e. The minimum absolute atomic E-state index is 0.208. The molecular formula is C12H22N4O. The fraction of sp³-hybridized carbons (Fsp3) is 0.750. The van der Waals surface area contributed by atoms with E-state index in [2.05, 4.69) is 48.2 Å². The first-order chi connectivity index (χ1) is 7.91. The van der Waals surface area contributed by atoms with E-state index < -0.39 is 0 Å². The van der Waals surface area contributed by atoms with Crippen LogP contribution in [0.25, 0.3) is 0 Å². The number of nitrogens with one attached hydrogen (secondary N) is 2. The lowest BCUT2D eigenvalue weighted by Crippen LogP contribution is -2.34. The van der Waals surface area contributed by atoms with Crippen LogP contribution in [0.1, 0.15) is 44.1 Å². The molecule has 5 heteroatoms. The largest absolute Gasteiger partial charge is 0.349 e. The fourth-order valence-electron chi connectivity index (χ4n) is 1.98. The molecule has 1 heterocycles. The van der Waals surface area contributed by atoms with Crippen LogP contribution in [0.4, 0.5) is 0 Å². The highest BCUT2D eigenvalue weighted by Gasteiger charge is 2.19. The third-order valence-corrected chi connectivity index (χ3v) is 3.01. The van der Waals surface area contributed by atoms with E-state index in [1.165, 1.54) is 0 Å². The number of nitrogens with zero attached hydrogens (tertiary/aromatic N) is 2. The Labute approximate surface area is 102 Å². The molecule has 0 aromatic carbocycles. The molecule has 1 aromatic rings. The standard InChI is InChI=1S/C12H22N4O/c1-7(2)10(8(3)4)6-13-12(17)11-14-9(5)15-16-11/h7-8,10H,6H2,1-5H3,(H,13,17)(H,14,15,16). The van der Waals surface area contributed by atoms with E-state index in [-0.39, 0.29) is 11.7 Å². The number of aromatic nitrogens is 3. The van der Waals surface area contributed by atoms with Gasteiger partial charge in [0.05, 0.1) is 0 Å². The van der Waals surface area contributed by atoms with E-state index in [9.17, 15) is 4.79 Å². The summed E-state index contributed by atoms with van der Waals surface area (Å²) in [5.41, 5.74) is 0. The molecule has 17 heavy (non-hydrogen) atoms. The molecule has 5 nitrogen and oxygen atoms in total. The van der Waals surface area contributed by atoms with E-state index in [0.29, 0.717) is 30.1 Å². The van der Waals surface area contributed by atoms with Gasteiger partial charge < -0.3 is 5.32 Å². The molecule has 0 atom stereocenters. The molecular weight excluding hydrogens is 216 g/mol. The van der Waals surface area contributed by atoms with Gasteiger partial charge >= 0.3 is 0 Å². The summed E-state index contributed by atoms with van der Waals surface area (Å²) in [4.78, 5) is 15.8. The first kappa shape index (κ1) is 13.7. The zero-order chi connectivity index (χ0) is 13.0. The summed E-state index contributed by atoms with van der Waals surface area (Å²) < 4.78 is 0. The van der Waals surface area contributed by atoms with E-state index in [4.69, 9.17) is 0 Å². The van der Waals surface area contributed by atoms with Crippen molar-refractivity contribution in [2.24, 2.45) is 17.8 Å². The number of amides is 1. The van der Waals surface area contributed by atoms with Crippen molar-refractivity contribution in [2.75, 3.05) is 6.54 Å². The number of rotatable bonds is 5. The van der Waals surface area contributed by atoms with Crippen LogP contribution < -0.4 is 5.32 Å². The van der Waals surface area contributed by atoms with Gasteiger partial charge in [-0.05, 0) is 24.7 Å². The quantitative estimate of drug-likeness (QED) is 0.821. The average Bonchev–Trinajstić information content (AvgIpc) is 2.63. The van der Waals surface area contributed by atoms with Gasteiger partial charge in [-0.15, -0.1) is 5.10 Å². The molecule has 1 aromatic heterocycles. The van der Waals surface area contributed by atoms with Gasteiger partial charge in [0.15, 0.2) is 0 Å². The van der Waals surface area contributed by atoms with Gasteiger partial charge in [0.25, 0.3) is 5.91 Å². The van der Waals surface area contributed by atoms with Crippen molar-refractivity contribution < 1.29 is 4.79 Å². The Hall–Kier alpha value is -1.39. The maximum Gasteiger partial charge on any atom is 0.290 e. The van der Waals surface area contributed by atoms with Gasteiger partial charge in [0.2, 0.25) is 5.82 Å². The van der Waals surface area contributed by atoms with E-state index >= 15 is 0 Å². The number of hydrogen-bond acceptors (Lipinski definition) is 3. The van der Waals surface area contributed by atoms with Gasteiger partial charge in [0, 0.05) is 6.54 Å². The lowest BCUT2D eigenvalue weighted by atomic mass is 9.85. The Morgan fingerprint density at radius 2 is 1.88 bits per heavy atom. The van der Waals surface area contributed by atoms with Crippen molar-refractivity contribution in [2.45, 2.75) is 34.6 Å². The number of aromatic amines is 1. The maximum atomic E-state index is 11.8. The van der Waals surface area contributed by atoms with Crippen molar-refractivity contribution >= 4 is 5.91 Å². The van der Waals surface area contributed by atoms with E-state index in [1.54, 1.807) is 6.92 Å². The van der Waals surface area contributed by atoms with Crippen LogP contribution in [-0.2, 0) is 0 Å². The summed E-state index contributed by atoms with van der Waals surface area (Å²) in [7, 11) is 0. The minimum Gasteiger partial charge on any atom is -0.349 e. The molecule has 96 valence electrons. The summed E-state index contributed by atoms with van der Waals surface area (Å²) in [5.74, 6) is 2.22. The SMILES string of the molecule is Cc1nc(C(=O)NCC(C(C)C)C(C)C)n[nH]1. The molecule has 0 fully saturated rings. The third-order valence-electron chi connectivity index (χ3n) is 3.01. The topological polar surface area (TPSA) is 70.7 Å². The molecule has 2 N–H and O–H groups in total. The summed E-state index contributed by atoms with van der Waals surface area (Å²) in [6.07, 6.45) is 0. The molecule has 0 saturated heterocycles. The first-order valence-electron chi connectivity index (χ1n) is 6.09. The summed E-state index contributed by atoms with van der Waals surface area (Å²) in [6.45, 7) is 11.1. The van der Waals surface area contributed by atoms with Gasteiger partial charge in [-0.25, -0.2) is 4.98 Å². The molecule has 0 aliphatic rings. The molecule has 0 aliphatic carbocycles. The lowest BCUT2D eigenvalue weighted by Gasteiger charge is -2.24. The fourth-order valence-corrected chi connectivity index (χ4v) is 1.98. The number of carbonyl (C=O) groups excluding carboxylic acids is 1. The number of H-pyrrole nitrogens is 1. The monoisotopic (exact) mass is 238 g/mol. The van der Waals surface area contributed by atoms with Crippen molar-refractivity contribution in [3.05, 3.63) is 11.6 Å². The Morgan fingerprint density at radius 1 is 1.29 bits per heavy atom. The van der Waals surface area contributed by atoms with Crippen LogP contribution >= 0.6 is 0 Å².